The van der Waals surface area contributed by atoms with E-state index in [2.05, 4.69) is 9.89 Å². The summed E-state index contributed by atoms with van der Waals surface area (Å²) >= 11 is 0. The van der Waals surface area contributed by atoms with E-state index in [4.69, 9.17) is 4.52 Å². The summed E-state index contributed by atoms with van der Waals surface area (Å²) in [5.74, 6) is 0.805. The fraction of sp³-hybridized carbons (Fsp3) is 0.308. The highest BCUT2D eigenvalue weighted by atomic mass is 35.5. The number of ether oxygens (including phenoxy) is 1. The molecule has 3 nitrogen and oxygen atoms in total. The number of hydrogen-bond acceptors (Lipinski definition) is 3. The number of benzene rings is 1. The van der Waals surface area contributed by atoms with Crippen LogP contribution in [0.1, 0.15) is 24.5 Å². The second kappa shape index (κ2) is 5.36. The van der Waals surface area contributed by atoms with Gasteiger partial charge < -0.3 is 9.26 Å². The molecule has 1 heterocycles. The van der Waals surface area contributed by atoms with Gasteiger partial charge in [-0.05, 0) is 25.0 Å². The molecule has 1 aliphatic rings. The third-order valence-electron chi connectivity index (χ3n) is 2.90. The van der Waals surface area contributed by atoms with Crippen LogP contribution in [-0.2, 0) is 0 Å². The third-order valence-corrected chi connectivity index (χ3v) is 2.90. The zero-order valence-corrected chi connectivity index (χ0v) is 11.0. The van der Waals surface area contributed by atoms with Crippen LogP contribution in [0.3, 0.4) is 0 Å². The Morgan fingerprint density at radius 2 is 1.90 bits per heavy atom. The Morgan fingerprint density at radius 1 is 1.20 bits per heavy atom. The van der Waals surface area contributed by atoms with Crippen molar-refractivity contribution in [2.24, 2.45) is 0 Å². The molecule has 0 atom stereocenters. The molecule has 0 amide bonds. The highest BCUT2D eigenvalue weighted by molar-refractivity contribution is 5.85. The first-order valence-corrected chi connectivity index (χ1v) is 5.85. The number of alkyl halides is 3. The van der Waals surface area contributed by atoms with Crippen molar-refractivity contribution < 1.29 is 22.4 Å². The lowest BCUT2D eigenvalue weighted by Crippen LogP contribution is -2.17. The van der Waals surface area contributed by atoms with Crippen LogP contribution in [0.5, 0.6) is 5.75 Å². The molecule has 20 heavy (non-hydrogen) atoms. The van der Waals surface area contributed by atoms with E-state index in [-0.39, 0.29) is 23.7 Å². The van der Waals surface area contributed by atoms with Crippen molar-refractivity contribution >= 4 is 12.4 Å². The van der Waals surface area contributed by atoms with Crippen LogP contribution >= 0.6 is 12.4 Å². The van der Waals surface area contributed by atoms with Gasteiger partial charge in [0, 0.05) is 17.5 Å². The van der Waals surface area contributed by atoms with Crippen molar-refractivity contribution in [3.05, 3.63) is 36.1 Å². The van der Waals surface area contributed by atoms with Crippen LogP contribution < -0.4 is 4.74 Å². The monoisotopic (exact) mass is 305 g/mol. The average Bonchev–Trinajstić information content (AvgIpc) is 3.07. The lowest BCUT2D eigenvalue weighted by Gasteiger charge is -2.11. The molecule has 0 spiro atoms. The van der Waals surface area contributed by atoms with Crippen LogP contribution in [0.15, 0.2) is 34.9 Å². The molecule has 1 aromatic heterocycles. The molecule has 3 rings (SSSR count). The standard InChI is InChI=1S/C13H10F3NO2.ClH/c14-13(15,16)18-11-4-2-1-3-9(11)10-7-12(19-17-10)8-5-6-8;/h1-4,7-8H,5-6H2;1H. The summed E-state index contributed by atoms with van der Waals surface area (Å²) in [6, 6.07) is 7.57. The first-order valence-electron chi connectivity index (χ1n) is 5.85. The van der Waals surface area contributed by atoms with E-state index >= 15 is 0 Å². The second-order valence-electron chi connectivity index (χ2n) is 4.43. The molecular weight excluding hydrogens is 295 g/mol. The molecule has 1 aliphatic carbocycles. The Labute approximate surface area is 119 Å². The summed E-state index contributed by atoms with van der Waals surface area (Å²) in [7, 11) is 0. The van der Waals surface area contributed by atoms with E-state index in [1.807, 2.05) is 0 Å². The molecule has 0 N–H and O–H groups in total. The summed E-state index contributed by atoms with van der Waals surface area (Å²) in [5, 5.41) is 3.82. The van der Waals surface area contributed by atoms with E-state index in [1.165, 1.54) is 18.2 Å². The van der Waals surface area contributed by atoms with Crippen molar-refractivity contribution in [3.63, 3.8) is 0 Å². The Morgan fingerprint density at radius 3 is 2.55 bits per heavy atom. The molecule has 1 saturated carbocycles. The fourth-order valence-electron chi connectivity index (χ4n) is 1.87. The van der Waals surface area contributed by atoms with Gasteiger partial charge in [0.25, 0.3) is 0 Å². The van der Waals surface area contributed by atoms with Gasteiger partial charge in [0.15, 0.2) is 0 Å². The highest BCUT2D eigenvalue weighted by Crippen LogP contribution is 2.42. The summed E-state index contributed by atoms with van der Waals surface area (Å²) in [4.78, 5) is 0. The minimum absolute atomic E-state index is 0. The van der Waals surface area contributed by atoms with Crippen LogP contribution in [-0.4, -0.2) is 11.5 Å². The number of rotatable bonds is 3. The molecule has 7 heteroatoms. The summed E-state index contributed by atoms with van der Waals surface area (Å²) in [6.45, 7) is 0. The lowest BCUT2D eigenvalue weighted by atomic mass is 10.1. The second-order valence-corrected chi connectivity index (χ2v) is 4.43. The van der Waals surface area contributed by atoms with Crippen molar-refractivity contribution in [2.45, 2.75) is 25.1 Å². The quantitative estimate of drug-likeness (QED) is 0.835. The Balaban J connectivity index is 0.00000147. The van der Waals surface area contributed by atoms with Gasteiger partial charge in [0.05, 0.1) is 0 Å². The van der Waals surface area contributed by atoms with Crippen LogP contribution in [0.4, 0.5) is 13.2 Å². The van der Waals surface area contributed by atoms with Gasteiger partial charge in [-0.1, -0.05) is 17.3 Å². The number of para-hydroxylation sites is 1. The zero-order chi connectivity index (χ0) is 13.5. The molecule has 2 aromatic rings. The average molecular weight is 306 g/mol. The minimum Gasteiger partial charge on any atom is -0.405 e. The molecule has 0 radical (unpaired) electrons. The fourth-order valence-corrected chi connectivity index (χ4v) is 1.87. The zero-order valence-electron chi connectivity index (χ0n) is 10.2. The molecule has 1 aromatic carbocycles. The van der Waals surface area contributed by atoms with Crippen LogP contribution in [0, 0.1) is 0 Å². The van der Waals surface area contributed by atoms with Gasteiger partial charge in [-0.15, -0.1) is 25.6 Å². The van der Waals surface area contributed by atoms with Crippen molar-refractivity contribution in [2.75, 3.05) is 0 Å². The Hall–Kier alpha value is -1.69. The number of hydrogen-bond donors (Lipinski definition) is 0. The number of aromatic nitrogens is 1. The van der Waals surface area contributed by atoms with E-state index in [0.717, 1.165) is 18.6 Å². The first-order chi connectivity index (χ1) is 9.03. The van der Waals surface area contributed by atoms with Crippen LogP contribution in [0.25, 0.3) is 11.3 Å². The molecule has 108 valence electrons. The minimum atomic E-state index is -4.72. The smallest absolute Gasteiger partial charge is 0.405 e. The van der Waals surface area contributed by atoms with Gasteiger partial charge in [-0.2, -0.15) is 0 Å². The van der Waals surface area contributed by atoms with Gasteiger partial charge in [0.1, 0.15) is 17.2 Å². The summed E-state index contributed by atoms with van der Waals surface area (Å²) in [5.41, 5.74) is 0.636. The maximum Gasteiger partial charge on any atom is 0.573 e. The molecule has 0 bridgehead atoms. The normalized spacial score (nSPS) is 14.8. The summed E-state index contributed by atoms with van der Waals surface area (Å²) in [6.07, 6.45) is -2.65. The maximum absolute atomic E-state index is 12.3. The molecule has 0 unspecified atom stereocenters. The number of halogens is 4. The van der Waals surface area contributed by atoms with Gasteiger partial charge in [-0.25, -0.2) is 0 Å². The highest BCUT2D eigenvalue weighted by Gasteiger charge is 2.33. The van der Waals surface area contributed by atoms with Gasteiger partial charge >= 0.3 is 6.36 Å². The Kier molecular flexibility index (Phi) is 3.94. The van der Waals surface area contributed by atoms with Gasteiger partial charge in [0.2, 0.25) is 0 Å². The van der Waals surface area contributed by atoms with Crippen molar-refractivity contribution in [3.8, 4) is 17.0 Å². The number of nitrogens with zero attached hydrogens (tertiary/aromatic N) is 1. The predicted molar refractivity (Wildman–Crippen MR) is 67.8 cm³/mol. The SMILES string of the molecule is Cl.FC(F)(F)Oc1ccccc1-c1cc(C2CC2)on1. The van der Waals surface area contributed by atoms with Crippen LogP contribution in [0.2, 0.25) is 0 Å². The van der Waals surface area contributed by atoms with E-state index in [9.17, 15) is 13.2 Å². The third kappa shape index (κ3) is 3.25. The molecular formula is C13H11ClF3NO2. The first kappa shape index (κ1) is 14.7. The largest absolute Gasteiger partial charge is 0.573 e. The van der Waals surface area contributed by atoms with Crippen molar-refractivity contribution in [1.29, 1.82) is 0 Å². The molecule has 0 saturated heterocycles. The Bertz CT molecular complexity index is 593. The predicted octanol–water partition coefficient (Wildman–Crippen LogP) is 4.54. The molecule has 1 fully saturated rings. The van der Waals surface area contributed by atoms with Crippen molar-refractivity contribution in [1.82, 2.24) is 5.16 Å². The van der Waals surface area contributed by atoms with E-state index in [1.54, 1.807) is 12.1 Å². The topological polar surface area (TPSA) is 35.3 Å². The maximum atomic E-state index is 12.3. The summed E-state index contributed by atoms with van der Waals surface area (Å²) < 4.78 is 46.1. The van der Waals surface area contributed by atoms with E-state index in [0.29, 0.717) is 11.6 Å². The lowest BCUT2D eigenvalue weighted by molar-refractivity contribution is -0.274. The van der Waals surface area contributed by atoms with E-state index < -0.39 is 6.36 Å². The van der Waals surface area contributed by atoms with Gasteiger partial charge in [-0.3, -0.25) is 0 Å². The molecule has 0 aliphatic heterocycles.